The molecule has 0 radical (unpaired) electrons. The number of hydrogen-bond acceptors (Lipinski definition) is 5. The van der Waals surface area contributed by atoms with Crippen molar-refractivity contribution in [2.24, 2.45) is 0 Å². The van der Waals surface area contributed by atoms with E-state index in [0.29, 0.717) is 5.16 Å². The number of halogens is 1. The number of H-pyrrole nitrogens is 1. The first-order valence-electron chi connectivity index (χ1n) is 8.11. The maximum atomic E-state index is 13.3. The fourth-order valence-corrected chi connectivity index (χ4v) is 3.36. The van der Waals surface area contributed by atoms with Crippen LogP contribution in [0, 0.1) is 5.82 Å². The van der Waals surface area contributed by atoms with Crippen molar-refractivity contribution in [1.82, 2.24) is 9.97 Å². The van der Waals surface area contributed by atoms with E-state index in [2.05, 4.69) is 20.6 Å². The van der Waals surface area contributed by atoms with Gasteiger partial charge in [0.2, 0.25) is 11.8 Å². The predicted octanol–water partition coefficient (Wildman–Crippen LogP) is 2.48. The Bertz CT molecular complexity index is 915. The Hall–Kier alpha value is -2.68. The Morgan fingerprint density at radius 2 is 2.23 bits per heavy atom. The zero-order valence-corrected chi connectivity index (χ0v) is 14.8. The van der Waals surface area contributed by atoms with E-state index >= 15 is 0 Å². The number of hydrogen-bond donors (Lipinski definition) is 3. The van der Waals surface area contributed by atoms with Gasteiger partial charge in [0.15, 0.2) is 5.16 Å². The molecule has 0 unspecified atom stereocenters. The van der Waals surface area contributed by atoms with Crippen LogP contribution in [0.2, 0.25) is 0 Å². The summed E-state index contributed by atoms with van der Waals surface area (Å²) in [5.41, 5.74) is -0.102. The number of anilines is 2. The van der Waals surface area contributed by atoms with Crippen LogP contribution in [0.5, 0.6) is 0 Å². The summed E-state index contributed by atoms with van der Waals surface area (Å²) in [5.74, 6) is -1.60. The molecule has 2 amide bonds. The zero-order chi connectivity index (χ0) is 18.7. The molecule has 7 nitrogen and oxygen atoms in total. The smallest absolute Gasteiger partial charge is 0.257 e. The van der Waals surface area contributed by atoms with Crippen molar-refractivity contribution in [2.45, 2.75) is 30.8 Å². The minimum atomic E-state index is -0.997. The van der Waals surface area contributed by atoms with Gasteiger partial charge in [-0.1, -0.05) is 24.8 Å². The van der Waals surface area contributed by atoms with E-state index in [1.807, 2.05) is 6.92 Å². The topological polar surface area (TPSA) is 104 Å². The molecule has 0 bridgehead atoms. The molecule has 1 aliphatic heterocycles. The van der Waals surface area contributed by atoms with Gasteiger partial charge < -0.3 is 15.6 Å². The van der Waals surface area contributed by atoms with E-state index in [-0.39, 0.29) is 23.5 Å². The number of nitrogens with one attached hydrogen (secondary N) is 3. The number of carbonyl (C=O) groups is 2. The monoisotopic (exact) mass is 376 g/mol. The summed E-state index contributed by atoms with van der Waals surface area (Å²) in [5, 5.41) is 5.49. The van der Waals surface area contributed by atoms with E-state index in [1.165, 1.54) is 30.0 Å². The molecule has 26 heavy (non-hydrogen) atoms. The van der Waals surface area contributed by atoms with E-state index < -0.39 is 29.1 Å². The van der Waals surface area contributed by atoms with E-state index in [9.17, 15) is 18.8 Å². The molecular weight excluding hydrogens is 359 g/mol. The normalized spacial score (nSPS) is 15.9. The lowest BCUT2D eigenvalue weighted by molar-refractivity contribution is -0.123. The summed E-state index contributed by atoms with van der Waals surface area (Å²) in [6, 6.07) is 5.40. The number of benzene rings is 1. The molecule has 3 rings (SSSR count). The van der Waals surface area contributed by atoms with Gasteiger partial charge in [0.05, 0.1) is 11.5 Å². The summed E-state index contributed by atoms with van der Waals surface area (Å²) in [6.45, 7) is 2.00. The van der Waals surface area contributed by atoms with Crippen LogP contribution in [0.25, 0.3) is 0 Å². The fourth-order valence-electron chi connectivity index (χ4n) is 2.64. The molecule has 0 spiro atoms. The van der Waals surface area contributed by atoms with Crippen LogP contribution in [0.1, 0.15) is 31.2 Å². The first kappa shape index (κ1) is 18.1. The van der Waals surface area contributed by atoms with Crippen LogP contribution < -0.4 is 16.2 Å². The Morgan fingerprint density at radius 1 is 1.42 bits per heavy atom. The van der Waals surface area contributed by atoms with E-state index in [1.54, 1.807) is 0 Å². The zero-order valence-electron chi connectivity index (χ0n) is 14.0. The molecule has 1 atom stereocenters. The van der Waals surface area contributed by atoms with Crippen molar-refractivity contribution in [2.75, 3.05) is 16.4 Å². The Kier molecular flexibility index (Phi) is 5.36. The van der Waals surface area contributed by atoms with Gasteiger partial charge in [0.25, 0.3) is 5.56 Å². The first-order valence-corrected chi connectivity index (χ1v) is 9.09. The molecule has 1 aromatic carbocycles. The third-order valence-electron chi connectivity index (χ3n) is 3.78. The van der Waals surface area contributed by atoms with Gasteiger partial charge in [-0.15, -0.1) is 0 Å². The SMILES string of the molecule is CCCSc1nc2c(c(=O)[nH]1)[C@H](C(=O)Nc1cccc(F)c1)CC(=O)N2. The number of aromatic nitrogens is 2. The minimum absolute atomic E-state index is 0.1000. The van der Waals surface area contributed by atoms with Crippen molar-refractivity contribution in [3.05, 3.63) is 46.0 Å². The van der Waals surface area contributed by atoms with Crippen LogP contribution in [0.15, 0.2) is 34.2 Å². The minimum Gasteiger partial charge on any atom is -0.325 e. The number of amides is 2. The summed E-state index contributed by atoms with van der Waals surface area (Å²) in [7, 11) is 0. The predicted molar refractivity (Wildman–Crippen MR) is 96.9 cm³/mol. The van der Waals surface area contributed by atoms with Crippen LogP contribution in [0.4, 0.5) is 15.9 Å². The number of carbonyl (C=O) groups excluding carboxylic acids is 2. The third kappa shape index (κ3) is 3.93. The van der Waals surface area contributed by atoms with Crippen LogP contribution in [-0.2, 0) is 9.59 Å². The molecular formula is C17H17FN4O3S. The van der Waals surface area contributed by atoms with Gasteiger partial charge in [-0.05, 0) is 24.6 Å². The van der Waals surface area contributed by atoms with Crippen LogP contribution >= 0.6 is 11.8 Å². The highest BCUT2D eigenvalue weighted by Gasteiger charge is 2.34. The highest BCUT2D eigenvalue weighted by Crippen LogP contribution is 2.30. The molecule has 136 valence electrons. The van der Waals surface area contributed by atoms with Gasteiger partial charge >= 0.3 is 0 Å². The number of nitrogens with zero attached hydrogens (tertiary/aromatic N) is 1. The standard InChI is InChI=1S/C17H17FN4O3S/c1-2-6-26-17-21-14-13(16(25)22-17)11(8-12(23)20-14)15(24)19-10-5-3-4-9(18)7-10/h3-5,7,11H,2,6,8H2,1H3,(H,19,24)(H2,20,21,22,23,25)/t11-/m1/s1. The van der Waals surface area contributed by atoms with Crippen LogP contribution in [-0.4, -0.2) is 27.5 Å². The van der Waals surface area contributed by atoms with Crippen molar-refractivity contribution >= 4 is 35.1 Å². The summed E-state index contributed by atoms with van der Waals surface area (Å²) >= 11 is 1.36. The molecule has 9 heteroatoms. The highest BCUT2D eigenvalue weighted by molar-refractivity contribution is 7.99. The van der Waals surface area contributed by atoms with Crippen molar-refractivity contribution in [3.63, 3.8) is 0 Å². The maximum absolute atomic E-state index is 13.3. The molecule has 0 aliphatic carbocycles. The molecule has 1 aromatic heterocycles. The van der Waals surface area contributed by atoms with Crippen molar-refractivity contribution < 1.29 is 14.0 Å². The molecule has 2 heterocycles. The van der Waals surface area contributed by atoms with E-state index in [0.717, 1.165) is 18.2 Å². The second-order valence-corrected chi connectivity index (χ2v) is 6.87. The van der Waals surface area contributed by atoms with Crippen molar-refractivity contribution in [1.29, 1.82) is 0 Å². The average Bonchev–Trinajstić information content (AvgIpc) is 2.58. The van der Waals surface area contributed by atoms with Gasteiger partial charge in [-0.2, -0.15) is 0 Å². The molecule has 2 aromatic rings. The quantitative estimate of drug-likeness (QED) is 0.549. The van der Waals surface area contributed by atoms with Crippen LogP contribution in [0.3, 0.4) is 0 Å². The van der Waals surface area contributed by atoms with Gasteiger partial charge in [0, 0.05) is 17.9 Å². The lowest BCUT2D eigenvalue weighted by Gasteiger charge is -2.23. The maximum Gasteiger partial charge on any atom is 0.257 e. The average molecular weight is 376 g/mol. The van der Waals surface area contributed by atoms with Gasteiger partial charge in [0.1, 0.15) is 11.6 Å². The highest BCUT2D eigenvalue weighted by atomic mass is 32.2. The molecule has 0 saturated heterocycles. The largest absolute Gasteiger partial charge is 0.325 e. The second kappa shape index (κ2) is 7.69. The second-order valence-electron chi connectivity index (χ2n) is 5.79. The summed E-state index contributed by atoms with van der Waals surface area (Å²) in [4.78, 5) is 43.9. The molecule has 0 saturated carbocycles. The first-order chi connectivity index (χ1) is 12.5. The Morgan fingerprint density at radius 3 is 2.96 bits per heavy atom. The number of rotatable bonds is 5. The molecule has 1 aliphatic rings. The Labute approximate surface area is 152 Å². The lowest BCUT2D eigenvalue weighted by atomic mass is 9.92. The number of thioether (sulfide) groups is 1. The van der Waals surface area contributed by atoms with Gasteiger partial charge in [-0.25, -0.2) is 9.37 Å². The molecule has 0 fully saturated rings. The van der Waals surface area contributed by atoms with Gasteiger partial charge in [-0.3, -0.25) is 14.4 Å². The van der Waals surface area contributed by atoms with Crippen molar-refractivity contribution in [3.8, 4) is 0 Å². The lowest BCUT2D eigenvalue weighted by Crippen LogP contribution is -2.36. The van der Waals surface area contributed by atoms with E-state index in [4.69, 9.17) is 0 Å². The third-order valence-corrected chi connectivity index (χ3v) is 4.86. The number of fused-ring (bicyclic) bond motifs is 1. The number of aromatic amines is 1. The molecule has 3 N–H and O–H groups in total. The fraction of sp³-hybridized carbons (Fsp3) is 0.294. The summed E-state index contributed by atoms with van der Waals surface area (Å²) in [6.07, 6.45) is 0.719. The summed E-state index contributed by atoms with van der Waals surface area (Å²) < 4.78 is 13.3. The Balaban J connectivity index is 1.91.